The van der Waals surface area contributed by atoms with E-state index in [1.54, 1.807) is 6.07 Å². The average Bonchev–Trinajstić information content (AvgIpc) is 2.29. The fraction of sp³-hybridized carbons (Fsp3) is 0.200. The summed E-state index contributed by atoms with van der Waals surface area (Å²) in [7, 11) is -3.23. The number of benzene rings is 2. The molecule has 2 aromatic carbocycles. The second-order valence-electron chi connectivity index (χ2n) is 4.77. The van der Waals surface area contributed by atoms with Crippen LogP contribution in [0.1, 0.15) is 11.1 Å². The zero-order chi connectivity index (χ0) is 14.0. The molecule has 0 radical (unpaired) electrons. The number of anilines is 1. The minimum Gasteiger partial charge on any atom is -0.284 e. The molecule has 0 atom stereocenters. The summed E-state index contributed by atoms with van der Waals surface area (Å²) in [5, 5.41) is 0. The Balaban J connectivity index is 2.37. The van der Waals surface area contributed by atoms with Crippen LogP contribution in [0.15, 0.2) is 42.5 Å². The molecule has 0 unspecified atom stereocenters. The van der Waals surface area contributed by atoms with Gasteiger partial charge in [-0.2, -0.15) is 0 Å². The standard InChI is InChI=1S/C15H17NO2S/c1-11-4-6-13(7-5-11)15-9-8-14(10-12(15)2)16-19(3,17)18/h4-10,16H,1-3H3. The van der Waals surface area contributed by atoms with Crippen molar-refractivity contribution in [2.24, 2.45) is 0 Å². The van der Waals surface area contributed by atoms with Gasteiger partial charge in [-0.3, -0.25) is 4.72 Å². The van der Waals surface area contributed by atoms with Crippen LogP contribution in [-0.4, -0.2) is 14.7 Å². The van der Waals surface area contributed by atoms with Crippen molar-refractivity contribution in [1.29, 1.82) is 0 Å². The van der Waals surface area contributed by atoms with Gasteiger partial charge in [-0.15, -0.1) is 0 Å². The summed E-state index contributed by atoms with van der Waals surface area (Å²) < 4.78 is 24.9. The van der Waals surface area contributed by atoms with Crippen LogP contribution < -0.4 is 4.72 Å². The van der Waals surface area contributed by atoms with Crippen molar-refractivity contribution < 1.29 is 8.42 Å². The van der Waals surface area contributed by atoms with Gasteiger partial charge in [0.2, 0.25) is 10.0 Å². The molecule has 0 aliphatic heterocycles. The van der Waals surface area contributed by atoms with Crippen molar-refractivity contribution in [2.45, 2.75) is 13.8 Å². The van der Waals surface area contributed by atoms with E-state index in [2.05, 4.69) is 35.9 Å². The summed E-state index contributed by atoms with van der Waals surface area (Å²) in [6, 6.07) is 13.8. The number of nitrogens with one attached hydrogen (secondary N) is 1. The van der Waals surface area contributed by atoms with E-state index in [1.165, 1.54) is 5.56 Å². The van der Waals surface area contributed by atoms with E-state index in [-0.39, 0.29) is 0 Å². The lowest BCUT2D eigenvalue weighted by Gasteiger charge is -2.10. The third-order valence-electron chi connectivity index (χ3n) is 2.89. The number of rotatable bonds is 3. The van der Waals surface area contributed by atoms with Crippen molar-refractivity contribution >= 4 is 15.7 Å². The van der Waals surface area contributed by atoms with Crippen molar-refractivity contribution in [3.05, 3.63) is 53.6 Å². The van der Waals surface area contributed by atoms with Gasteiger partial charge in [0.15, 0.2) is 0 Å². The van der Waals surface area contributed by atoms with Crippen LogP contribution in [0.25, 0.3) is 11.1 Å². The highest BCUT2D eigenvalue weighted by Gasteiger charge is 2.06. The molecule has 0 aliphatic carbocycles. The van der Waals surface area contributed by atoms with Crippen LogP contribution in [0, 0.1) is 13.8 Å². The van der Waals surface area contributed by atoms with Crippen LogP contribution in [-0.2, 0) is 10.0 Å². The van der Waals surface area contributed by atoms with E-state index in [9.17, 15) is 8.42 Å². The van der Waals surface area contributed by atoms with Gasteiger partial charge in [0, 0.05) is 5.69 Å². The zero-order valence-electron chi connectivity index (χ0n) is 11.3. The van der Waals surface area contributed by atoms with E-state index in [0.717, 1.165) is 22.9 Å². The van der Waals surface area contributed by atoms with Crippen molar-refractivity contribution in [3.8, 4) is 11.1 Å². The Kier molecular flexibility index (Phi) is 3.62. The molecular formula is C15H17NO2S. The molecule has 0 aromatic heterocycles. The molecule has 0 spiro atoms. The van der Waals surface area contributed by atoms with Gasteiger partial charge in [-0.05, 0) is 42.7 Å². The second kappa shape index (κ2) is 5.05. The molecule has 4 heteroatoms. The quantitative estimate of drug-likeness (QED) is 0.933. The molecule has 0 saturated carbocycles. The smallest absolute Gasteiger partial charge is 0.229 e. The predicted molar refractivity (Wildman–Crippen MR) is 79.8 cm³/mol. The number of hydrogen-bond donors (Lipinski definition) is 1. The van der Waals surface area contributed by atoms with Gasteiger partial charge < -0.3 is 0 Å². The predicted octanol–water partition coefficient (Wildman–Crippen LogP) is 3.34. The third-order valence-corrected chi connectivity index (χ3v) is 3.50. The fourth-order valence-electron chi connectivity index (χ4n) is 2.00. The first kappa shape index (κ1) is 13.6. The summed E-state index contributed by atoms with van der Waals surface area (Å²) in [5.74, 6) is 0. The Bertz CT molecular complexity index is 689. The van der Waals surface area contributed by atoms with Crippen LogP contribution in [0.3, 0.4) is 0 Å². The normalized spacial score (nSPS) is 11.3. The third kappa shape index (κ3) is 3.58. The van der Waals surface area contributed by atoms with Gasteiger partial charge in [-0.1, -0.05) is 35.9 Å². The first-order valence-electron chi connectivity index (χ1n) is 6.01. The molecule has 2 rings (SSSR count). The Labute approximate surface area is 114 Å². The van der Waals surface area contributed by atoms with Crippen molar-refractivity contribution in [3.63, 3.8) is 0 Å². The van der Waals surface area contributed by atoms with E-state index in [1.807, 2.05) is 19.1 Å². The molecular weight excluding hydrogens is 258 g/mol. The largest absolute Gasteiger partial charge is 0.284 e. The van der Waals surface area contributed by atoms with Gasteiger partial charge in [0.05, 0.1) is 6.26 Å². The van der Waals surface area contributed by atoms with E-state index in [4.69, 9.17) is 0 Å². The van der Waals surface area contributed by atoms with Crippen LogP contribution in [0.4, 0.5) is 5.69 Å². The molecule has 2 aromatic rings. The van der Waals surface area contributed by atoms with Crippen molar-refractivity contribution in [1.82, 2.24) is 0 Å². The first-order chi connectivity index (χ1) is 8.85. The van der Waals surface area contributed by atoms with E-state index < -0.39 is 10.0 Å². The number of hydrogen-bond acceptors (Lipinski definition) is 2. The molecule has 0 aliphatic rings. The molecule has 3 nitrogen and oxygen atoms in total. The topological polar surface area (TPSA) is 46.2 Å². The Morgan fingerprint density at radius 2 is 1.58 bits per heavy atom. The fourth-order valence-corrected chi connectivity index (χ4v) is 2.55. The van der Waals surface area contributed by atoms with Crippen molar-refractivity contribution in [2.75, 3.05) is 11.0 Å². The summed E-state index contributed by atoms with van der Waals surface area (Å²) in [4.78, 5) is 0. The summed E-state index contributed by atoms with van der Waals surface area (Å²) >= 11 is 0. The molecule has 1 N–H and O–H groups in total. The highest BCUT2D eigenvalue weighted by Crippen LogP contribution is 2.26. The lowest BCUT2D eigenvalue weighted by atomic mass is 9.99. The highest BCUT2D eigenvalue weighted by molar-refractivity contribution is 7.92. The van der Waals surface area contributed by atoms with Crippen LogP contribution >= 0.6 is 0 Å². The monoisotopic (exact) mass is 275 g/mol. The van der Waals surface area contributed by atoms with E-state index >= 15 is 0 Å². The molecule has 0 bridgehead atoms. The molecule has 100 valence electrons. The zero-order valence-corrected chi connectivity index (χ0v) is 12.1. The summed E-state index contributed by atoms with van der Waals surface area (Å²) in [6.45, 7) is 4.03. The maximum Gasteiger partial charge on any atom is 0.229 e. The summed E-state index contributed by atoms with van der Waals surface area (Å²) in [5.41, 5.74) is 5.10. The maximum atomic E-state index is 11.2. The summed E-state index contributed by atoms with van der Waals surface area (Å²) in [6.07, 6.45) is 1.15. The van der Waals surface area contributed by atoms with Crippen LogP contribution in [0.2, 0.25) is 0 Å². The molecule has 0 amide bonds. The SMILES string of the molecule is Cc1ccc(-c2ccc(NS(C)(=O)=O)cc2C)cc1. The van der Waals surface area contributed by atoms with Gasteiger partial charge in [0.25, 0.3) is 0 Å². The van der Waals surface area contributed by atoms with E-state index in [0.29, 0.717) is 5.69 Å². The molecule has 19 heavy (non-hydrogen) atoms. The van der Waals surface area contributed by atoms with Gasteiger partial charge >= 0.3 is 0 Å². The second-order valence-corrected chi connectivity index (χ2v) is 6.52. The molecule has 0 saturated heterocycles. The van der Waals surface area contributed by atoms with Gasteiger partial charge in [0.1, 0.15) is 0 Å². The lowest BCUT2D eigenvalue weighted by molar-refractivity contribution is 0.607. The van der Waals surface area contributed by atoms with Gasteiger partial charge in [-0.25, -0.2) is 8.42 Å². The Morgan fingerprint density at radius 3 is 2.11 bits per heavy atom. The maximum absolute atomic E-state index is 11.2. The minimum absolute atomic E-state index is 0.593. The number of sulfonamides is 1. The Hall–Kier alpha value is -1.81. The first-order valence-corrected chi connectivity index (χ1v) is 7.90. The number of aryl methyl sites for hydroxylation is 2. The average molecular weight is 275 g/mol. The lowest BCUT2D eigenvalue weighted by Crippen LogP contribution is -2.09. The molecule has 0 fully saturated rings. The minimum atomic E-state index is -3.23. The Morgan fingerprint density at radius 1 is 0.947 bits per heavy atom. The molecule has 0 heterocycles. The highest BCUT2D eigenvalue weighted by atomic mass is 32.2. The van der Waals surface area contributed by atoms with Crippen LogP contribution in [0.5, 0.6) is 0 Å².